The number of hydrogen-bond acceptors (Lipinski definition) is 2. The van der Waals surface area contributed by atoms with E-state index in [9.17, 15) is 0 Å². The Kier molecular flexibility index (Phi) is 3.49. The number of aryl methyl sites for hydroxylation is 2. The van der Waals surface area contributed by atoms with Gasteiger partial charge in [0.1, 0.15) is 0 Å². The Morgan fingerprint density at radius 2 is 1.80 bits per heavy atom. The molecule has 2 nitrogen and oxygen atoms in total. The van der Waals surface area contributed by atoms with Crippen molar-refractivity contribution in [2.24, 2.45) is 0 Å². The second kappa shape index (κ2) is 5.29. The van der Waals surface area contributed by atoms with E-state index >= 15 is 0 Å². The average Bonchev–Trinajstić information content (AvgIpc) is 2.45. The predicted octanol–water partition coefficient (Wildman–Crippen LogP) is 3.72. The number of nitrogens with one attached hydrogen (secondary N) is 1. The van der Waals surface area contributed by atoms with Crippen molar-refractivity contribution in [3.8, 4) is 0 Å². The lowest BCUT2D eigenvalue weighted by atomic mass is 9.98. The van der Waals surface area contributed by atoms with E-state index in [2.05, 4.69) is 67.5 Å². The average molecular weight is 266 g/mol. The molecule has 2 aromatic rings. The maximum atomic E-state index is 3.45. The Labute approximate surface area is 121 Å². The summed E-state index contributed by atoms with van der Waals surface area (Å²) < 4.78 is 0. The van der Waals surface area contributed by atoms with Gasteiger partial charge in [-0.15, -0.1) is 0 Å². The number of anilines is 2. The zero-order chi connectivity index (χ0) is 14.1. The molecule has 20 heavy (non-hydrogen) atoms. The van der Waals surface area contributed by atoms with Crippen molar-refractivity contribution >= 4 is 11.4 Å². The van der Waals surface area contributed by atoms with Crippen molar-refractivity contribution in [3.05, 3.63) is 58.7 Å². The van der Waals surface area contributed by atoms with Crippen LogP contribution in [0.25, 0.3) is 0 Å². The van der Waals surface area contributed by atoms with Crippen molar-refractivity contribution in [3.63, 3.8) is 0 Å². The SMILES string of the molecule is Cc1cc(C)cc(N(C)c2cccc3c2CCNC3)c1. The summed E-state index contributed by atoms with van der Waals surface area (Å²) in [5.74, 6) is 0. The Bertz CT molecular complexity index is 611. The molecule has 0 saturated carbocycles. The lowest BCUT2D eigenvalue weighted by Gasteiger charge is -2.27. The number of hydrogen-bond donors (Lipinski definition) is 1. The van der Waals surface area contributed by atoms with Gasteiger partial charge in [0.2, 0.25) is 0 Å². The van der Waals surface area contributed by atoms with Crippen LogP contribution in [0.5, 0.6) is 0 Å². The third kappa shape index (κ3) is 2.44. The molecule has 104 valence electrons. The molecule has 0 spiro atoms. The minimum atomic E-state index is 0.990. The van der Waals surface area contributed by atoms with E-state index < -0.39 is 0 Å². The van der Waals surface area contributed by atoms with Crippen LogP contribution >= 0.6 is 0 Å². The fraction of sp³-hybridized carbons (Fsp3) is 0.333. The van der Waals surface area contributed by atoms with Crippen LogP contribution in [0, 0.1) is 13.8 Å². The third-order valence-corrected chi connectivity index (χ3v) is 4.07. The van der Waals surface area contributed by atoms with E-state index in [0.717, 1.165) is 19.5 Å². The summed E-state index contributed by atoms with van der Waals surface area (Å²) in [5.41, 5.74) is 8.18. The number of benzene rings is 2. The highest BCUT2D eigenvalue weighted by Gasteiger charge is 2.15. The molecule has 2 aromatic carbocycles. The predicted molar refractivity (Wildman–Crippen MR) is 85.8 cm³/mol. The van der Waals surface area contributed by atoms with Gasteiger partial charge in [-0.25, -0.2) is 0 Å². The highest BCUT2D eigenvalue weighted by atomic mass is 15.1. The monoisotopic (exact) mass is 266 g/mol. The van der Waals surface area contributed by atoms with Gasteiger partial charge >= 0.3 is 0 Å². The van der Waals surface area contributed by atoms with Crippen LogP contribution in [0.2, 0.25) is 0 Å². The minimum absolute atomic E-state index is 0.990. The van der Waals surface area contributed by atoms with Crippen LogP contribution in [0.4, 0.5) is 11.4 Å². The molecule has 2 heteroatoms. The van der Waals surface area contributed by atoms with Gasteiger partial charge in [0, 0.05) is 25.0 Å². The van der Waals surface area contributed by atoms with Crippen molar-refractivity contribution < 1.29 is 0 Å². The summed E-state index contributed by atoms with van der Waals surface area (Å²) in [7, 11) is 2.17. The van der Waals surface area contributed by atoms with Gasteiger partial charge in [-0.2, -0.15) is 0 Å². The first-order valence-electron chi connectivity index (χ1n) is 7.28. The van der Waals surface area contributed by atoms with E-state index in [4.69, 9.17) is 0 Å². The smallest absolute Gasteiger partial charge is 0.0444 e. The Balaban J connectivity index is 2.04. The van der Waals surface area contributed by atoms with Gasteiger partial charge in [-0.3, -0.25) is 0 Å². The minimum Gasteiger partial charge on any atom is -0.344 e. The molecule has 3 rings (SSSR count). The second-order valence-corrected chi connectivity index (χ2v) is 5.75. The van der Waals surface area contributed by atoms with Gasteiger partial charge in [0.05, 0.1) is 0 Å². The summed E-state index contributed by atoms with van der Waals surface area (Å²) in [6, 6.07) is 13.4. The van der Waals surface area contributed by atoms with Crippen LogP contribution in [-0.2, 0) is 13.0 Å². The van der Waals surface area contributed by atoms with Crippen LogP contribution in [0.1, 0.15) is 22.3 Å². The standard InChI is InChI=1S/C18H22N2/c1-13-9-14(2)11-16(10-13)20(3)18-6-4-5-15-12-19-8-7-17(15)18/h4-6,9-11,19H,7-8,12H2,1-3H3. The van der Waals surface area contributed by atoms with E-state index in [-0.39, 0.29) is 0 Å². The molecule has 0 atom stereocenters. The molecule has 0 aromatic heterocycles. The normalized spacial score (nSPS) is 13.9. The van der Waals surface area contributed by atoms with Gasteiger partial charge in [0.25, 0.3) is 0 Å². The van der Waals surface area contributed by atoms with E-state index in [0.29, 0.717) is 0 Å². The molecule has 1 heterocycles. The van der Waals surface area contributed by atoms with Crippen molar-refractivity contribution in [1.82, 2.24) is 5.32 Å². The van der Waals surface area contributed by atoms with Crippen molar-refractivity contribution in [2.75, 3.05) is 18.5 Å². The first-order valence-corrected chi connectivity index (χ1v) is 7.28. The Morgan fingerprint density at radius 1 is 1.05 bits per heavy atom. The summed E-state index contributed by atoms with van der Waals surface area (Å²) in [5, 5.41) is 3.45. The maximum absolute atomic E-state index is 3.45. The lowest BCUT2D eigenvalue weighted by molar-refractivity contribution is 0.644. The van der Waals surface area contributed by atoms with Crippen LogP contribution in [0.15, 0.2) is 36.4 Å². The van der Waals surface area contributed by atoms with Crippen LogP contribution in [-0.4, -0.2) is 13.6 Å². The quantitative estimate of drug-likeness (QED) is 0.891. The van der Waals surface area contributed by atoms with Crippen molar-refractivity contribution in [1.29, 1.82) is 0 Å². The molecule has 1 aliphatic rings. The molecule has 1 aliphatic heterocycles. The number of fused-ring (bicyclic) bond motifs is 1. The highest BCUT2D eigenvalue weighted by Crippen LogP contribution is 2.31. The fourth-order valence-corrected chi connectivity index (χ4v) is 3.11. The van der Waals surface area contributed by atoms with Gasteiger partial charge in [0.15, 0.2) is 0 Å². The zero-order valence-electron chi connectivity index (χ0n) is 12.5. The van der Waals surface area contributed by atoms with Crippen molar-refractivity contribution in [2.45, 2.75) is 26.8 Å². The Hall–Kier alpha value is -1.80. The van der Waals surface area contributed by atoms with Gasteiger partial charge in [-0.1, -0.05) is 18.2 Å². The number of nitrogens with zero attached hydrogens (tertiary/aromatic N) is 1. The molecule has 0 aliphatic carbocycles. The second-order valence-electron chi connectivity index (χ2n) is 5.75. The molecule has 0 unspecified atom stereocenters. The molecule has 0 amide bonds. The van der Waals surface area contributed by atoms with Crippen LogP contribution < -0.4 is 10.2 Å². The fourth-order valence-electron chi connectivity index (χ4n) is 3.11. The summed E-state index contributed by atoms with van der Waals surface area (Å²) >= 11 is 0. The molecular formula is C18H22N2. The highest BCUT2D eigenvalue weighted by molar-refractivity contribution is 5.68. The third-order valence-electron chi connectivity index (χ3n) is 4.07. The molecule has 0 radical (unpaired) electrons. The summed E-state index contributed by atoms with van der Waals surface area (Å²) in [6.45, 7) is 6.39. The summed E-state index contributed by atoms with van der Waals surface area (Å²) in [6.07, 6.45) is 1.11. The van der Waals surface area contributed by atoms with E-state index in [1.54, 1.807) is 0 Å². The van der Waals surface area contributed by atoms with Crippen LogP contribution in [0.3, 0.4) is 0 Å². The van der Waals surface area contributed by atoms with Gasteiger partial charge < -0.3 is 10.2 Å². The lowest BCUT2D eigenvalue weighted by Crippen LogP contribution is -2.25. The molecule has 1 N–H and O–H groups in total. The number of rotatable bonds is 2. The molecular weight excluding hydrogens is 244 g/mol. The molecule has 0 fully saturated rings. The first-order chi connectivity index (χ1) is 9.65. The molecule has 0 bridgehead atoms. The maximum Gasteiger partial charge on any atom is 0.0444 e. The van der Waals surface area contributed by atoms with E-state index in [1.807, 2.05) is 0 Å². The van der Waals surface area contributed by atoms with Gasteiger partial charge in [-0.05, 0) is 67.3 Å². The van der Waals surface area contributed by atoms with E-state index in [1.165, 1.54) is 33.6 Å². The Morgan fingerprint density at radius 3 is 2.55 bits per heavy atom. The molecule has 0 saturated heterocycles. The largest absolute Gasteiger partial charge is 0.344 e. The first kappa shape index (κ1) is 13.2. The topological polar surface area (TPSA) is 15.3 Å². The summed E-state index contributed by atoms with van der Waals surface area (Å²) in [4.78, 5) is 2.32. The zero-order valence-corrected chi connectivity index (χ0v) is 12.5.